The first kappa shape index (κ1) is 24.5. The Morgan fingerprint density at radius 1 is 0.611 bits per heavy atom. The van der Waals surface area contributed by atoms with E-state index in [-0.39, 0.29) is 5.69 Å². The Labute approximate surface area is 194 Å². The molecule has 0 bridgehead atoms. The van der Waals surface area contributed by atoms with Gasteiger partial charge in [-0.1, -0.05) is 0 Å². The summed E-state index contributed by atoms with van der Waals surface area (Å²) in [6.45, 7) is 0. The molecule has 0 spiro atoms. The Bertz CT molecular complexity index is 1430. The summed E-state index contributed by atoms with van der Waals surface area (Å²) in [7, 11) is 0. The van der Waals surface area contributed by atoms with Crippen LogP contribution in [0.5, 0.6) is 0 Å². The van der Waals surface area contributed by atoms with Gasteiger partial charge in [-0.25, -0.2) is 4.68 Å². The molecular weight excluding hydrogens is 498 g/mol. The molecule has 0 fully saturated rings. The normalized spacial score (nSPS) is 10.4. The first-order valence-corrected chi connectivity index (χ1v) is 8.86. The summed E-state index contributed by atoms with van der Waals surface area (Å²) in [5.74, 6) is 0. The topological polar surface area (TPSA) is 289 Å². The maximum absolute atomic E-state index is 11.5. The van der Waals surface area contributed by atoms with Gasteiger partial charge in [0.25, 0.3) is 11.4 Å². The van der Waals surface area contributed by atoms with Gasteiger partial charge < -0.3 is 5.32 Å². The van der Waals surface area contributed by atoms with Crippen molar-refractivity contribution in [2.75, 3.05) is 5.32 Å². The lowest BCUT2D eigenvalue weighted by Crippen LogP contribution is -2.06. The van der Waals surface area contributed by atoms with Crippen LogP contribution in [0.1, 0.15) is 0 Å². The van der Waals surface area contributed by atoms with E-state index in [0.29, 0.717) is 28.9 Å². The molecular formula is C15H7N9O12. The first-order chi connectivity index (χ1) is 16.8. The Balaban J connectivity index is 2.20. The number of nitro groups is 6. The van der Waals surface area contributed by atoms with Crippen LogP contribution in [0.25, 0.3) is 5.69 Å². The third kappa shape index (κ3) is 4.49. The number of nitrogens with zero attached hydrogens (tertiary/aromatic N) is 8. The van der Waals surface area contributed by atoms with Crippen LogP contribution in [-0.4, -0.2) is 39.3 Å². The average molecular weight is 505 g/mol. The van der Waals surface area contributed by atoms with Crippen LogP contribution in [0.3, 0.4) is 0 Å². The van der Waals surface area contributed by atoms with E-state index in [1.807, 2.05) is 0 Å². The lowest BCUT2D eigenvalue weighted by atomic mass is 10.2. The molecule has 184 valence electrons. The van der Waals surface area contributed by atoms with Gasteiger partial charge in [0.15, 0.2) is 5.69 Å². The Morgan fingerprint density at radius 3 is 1.36 bits per heavy atom. The fourth-order valence-electron chi connectivity index (χ4n) is 2.98. The molecule has 0 saturated heterocycles. The lowest BCUT2D eigenvalue weighted by molar-refractivity contribution is -0.403. The first-order valence-electron chi connectivity index (χ1n) is 8.86. The quantitative estimate of drug-likeness (QED) is 0.323. The lowest BCUT2D eigenvalue weighted by Gasteiger charge is -2.06. The molecule has 21 nitrogen and oxygen atoms in total. The molecule has 0 amide bonds. The van der Waals surface area contributed by atoms with E-state index < -0.39 is 75.0 Å². The molecule has 2 aromatic carbocycles. The summed E-state index contributed by atoms with van der Waals surface area (Å²) in [4.78, 5) is 61.0. The molecule has 0 aliphatic rings. The Hall–Kier alpha value is -6.15. The molecule has 3 aromatic rings. The van der Waals surface area contributed by atoms with Crippen molar-refractivity contribution >= 4 is 45.5 Å². The maximum Gasteiger partial charge on any atom is 0.308 e. The van der Waals surface area contributed by atoms with Crippen molar-refractivity contribution in [1.29, 1.82) is 0 Å². The molecule has 0 aliphatic carbocycles. The molecule has 0 radical (unpaired) electrons. The van der Waals surface area contributed by atoms with E-state index in [2.05, 4.69) is 10.4 Å². The molecule has 0 unspecified atom stereocenters. The van der Waals surface area contributed by atoms with Crippen LogP contribution in [0.15, 0.2) is 36.7 Å². The predicted octanol–water partition coefficient (Wildman–Crippen LogP) is 3.07. The minimum absolute atomic E-state index is 0.322. The van der Waals surface area contributed by atoms with Crippen LogP contribution >= 0.6 is 0 Å². The predicted molar refractivity (Wildman–Crippen MR) is 113 cm³/mol. The number of aromatic nitrogens is 2. The van der Waals surface area contributed by atoms with Crippen LogP contribution in [-0.2, 0) is 0 Å². The molecule has 0 atom stereocenters. The largest absolute Gasteiger partial charge is 0.342 e. The molecule has 1 N–H and O–H groups in total. The van der Waals surface area contributed by atoms with E-state index in [0.717, 1.165) is 12.4 Å². The van der Waals surface area contributed by atoms with Gasteiger partial charge in [0.05, 0.1) is 71.9 Å². The monoisotopic (exact) mass is 505 g/mol. The van der Waals surface area contributed by atoms with Crippen molar-refractivity contribution in [3.05, 3.63) is 97.3 Å². The summed E-state index contributed by atoms with van der Waals surface area (Å²) >= 11 is 0. The number of benzene rings is 2. The number of nitrogens with one attached hydrogen (secondary N) is 1. The highest BCUT2D eigenvalue weighted by Crippen LogP contribution is 2.41. The van der Waals surface area contributed by atoms with Gasteiger partial charge in [-0.2, -0.15) is 5.10 Å². The SMILES string of the molecule is O=[N+]([O-])c1cc([N+](=O)[O-])c(Nc2cnn(-c3c([N+](=O)[O-])cc([N+](=O)[O-])cc3[N+](=O)[O-])c2)c([N+](=O)[O-])c1. The highest BCUT2D eigenvalue weighted by Gasteiger charge is 2.34. The third-order valence-electron chi connectivity index (χ3n) is 4.43. The number of hydrogen-bond acceptors (Lipinski definition) is 14. The zero-order valence-corrected chi connectivity index (χ0v) is 16.9. The van der Waals surface area contributed by atoms with Gasteiger partial charge in [-0.3, -0.25) is 60.7 Å². The fourth-order valence-corrected chi connectivity index (χ4v) is 2.98. The van der Waals surface area contributed by atoms with E-state index in [9.17, 15) is 60.7 Å². The summed E-state index contributed by atoms with van der Waals surface area (Å²) < 4.78 is 0.547. The number of non-ortho nitro benzene ring substituents is 2. The third-order valence-corrected chi connectivity index (χ3v) is 4.43. The number of nitro benzene ring substituents is 6. The second-order valence-electron chi connectivity index (χ2n) is 6.53. The van der Waals surface area contributed by atoms with Crippen molar-refractivity contribution in [2.45, 2.75) is 0 Å². The van der Waals surface area contributed by atoms with E-state index >= 15 is 0 Å². The average Bonchev–Trinajstić information content (AvgIpc) is 3.25. The fraction of sp³-hybridized carbons (Fsp3) is 0. The second kappa shape index (κ2) is 9.00. The molecule has 3 rings (SSSR count). The number of rotatable bonds is 9. The zero-order valence-electron chi connectivity index (χ0n) is 16.9. The molecule has 21 heteroatoms. The smallest absolute Gasteiger partial charge is 0.308 e. The maximum atomic E-state index is 11.5. The van der Waals surface area contributed by atoms with Gasteiger partial charge in [0.1, 0.15) is 0 Å². The van der Waals surface area contributed by atoms with Gasteiger partial charge in [0.2, 0.25) is 5.69 Å². The van der Waals surface area contributed by atoms with Crippen molar-refractivity contribution in [1.82, 2.24) is 9.78 Å². The van der Waals surface area contributed by atoms with Crippen LogP contribution < -0.4 is 5.32 Å². The van der Waals surface area contributed by atoms with Crippen LogP contribution in [0.2, 0.25) is 0 Å². The number of anilines is 2. The Morgan fingerprint density at radius 2 is 1.00 bits per heavy atom. The van der Waals surface area contributed by atoms with Crippen molar-refractivity contribution in [3.63, 3.8) is 0 Å². The second-order valence-corrected chi connectivity index (χ2v) is 6.53. The van der Waals surface area contributed by atoms with Gasteiger partial charge >= 0.3 is 22.7 Å². The van der Waals surface area contributed by atoms with Crippen molar-refractivity contribution < 1.29 is 29.5 Å². The van der Waals surface area contributed by atoms with Gasteiger partial charge in [0, 0.05) is 0 Å². The molecule has 0 aliphatic heterocycles. The van der Waals surface area contributed by atoms with Crippen molar-refractivity contribution in [3.8, 4) is 5.69 Å². The minimum Gasteiger partial charge on any atom is -0.342 e. The highest BCUT2D eigenvalue weighted by atomic mass is 16.6. The van der Waals surface area contributed by atoms with Crippen LogP contribution in [0, 0.1) is 60.7 Å². The van der Waals surface area contributed by atoms with E-state index in [1.165, 1.54) is 0 Å². The van der Waals surface area contributed by atoms with Gasteiger partial charge in [-0.15, -0.1) is 0 Å². The summed E-state index contributed by atoms with van der Waals surface area (Å²) in [5, 5.41) is 73.7. The molecule has 1 aromatic heterocycles. The summed E-state index contributed by atoms with van der Waals surface area (Å²) in [5.41, 5.74) is -8.19. The molecule has 0 saturated carbocycles. The van der Waals surface area contributed by atoms with E-state index in [4.69, 9.17) is 0 Å². The van der Waals surface area contributed by atoms with Crippen LogP contribution in [0.4, 0.5) is 45.5 Å². The molecule has 36 heavy (non-hydrogen) atoms. The Kier molecular flexibility index (Phi) is 6.13. The number of hydrogen-bond donors (Lipinski definition) is 1. The van der Waals surface area contributed by atoms with E-state index in [1.54, 1.807) is 0 Å². The van der Waals surface area contributed by atoms with Crippen molar-refractivity contribution in [2.24, 2.45) is 0 Å². The summed E-state index contributed by atoms with van der Waals surface area (Å²) in [6.07, 6.45) is 1.64. The standard InChI is InChI=1S/C15H7N9O12/c25-19(26)8-1-10(21(29)30)14(11(2-8)22(31)32)17-7-5-16-18(6-7)15-12(23(33)34)3-9(20(27)28)4-13(15)24(35)36/h1-6,17H. The molecule has 1 heterocycles. The minimum atomic E-state index is -1.14. The summed E-state index contributed by atoms with van der Waals surface area (Å²) in [6, 6.07) is 1.80. The van der Waals surface area contributed by atoms with Gasteiger partial charge in [-0.05, 0) is 0 Å². The zero-order chi connectivity index (χ0) is 26.9. The highest BCUT2D eigenvalue weighted by molar-refractivity contribution is 5.81.